The summed E-state index contributed by atoms with van der Waals surface area (Å²) in [6.45, 7) is 5.91. The van der Waals surface area contributed by atoms with Gasteiger partial charge in [0.1, 0.15) is 5.69 Å². The van der Waals surface area contributed by atoms with Crippen LogP contribution < -0.4 is 4.90 Å². The maximum absolute atomic E-state index is 11.6. The first-order valence-electron chi connectivity index (χ1n) is 8.85. The molecule has 0 bridgehead atoms. The van der Waals surface area contributed by atoms with Crippen LogP contribution in [0, 0.1) is 13.8 Å². The lowest BCUT2D eigenvalue weighted by Crippen LogP contribution is -2.40. The van der Waals surface area contributed by atoms with E-state index in [1.165, 1.54) is 35.5 Å². The highest BCUT2D eigenvalue weighted by Crippen LogP contribution is 2.38. The molecule has 1 aromatic heterocycles. The van der Waals surface area contributed by atoms with Crippen molar-refractivity contribution >= 4 is 22.9 Å². The molecule has 2 aromatic rings. The van der Waals surface area contributed by atoms with E-state index >= 15 is 0 Å². The molecule has 0 amide bonds. The monoisotopic (exact) mass is 341 g/mol. The van der Waals surface area contributed by atoms with Crippen LogP contribution in [-0.2, 0) is 5.72 Å². The van der Waals surface area contributed by atoms with E-state index in [1.54, 1.807) is 11.3 Å². The molecular weight excluding hydrogens is 316 g/mol. The molecule has 1 atom stereocenters. The second-order valence-corrected chi connectivity index (χ2v) is 7.93. The molecule has 2 aliphatic rings. The Hall–Kier alpha value is -1.65. The van der Waals surface area contributed by atoms with E-state index in [-0.39, 0.29) is 0 Å². The van der Waals surface area contributed by atoms with Crippen molar-refractivity contribution in [1.29, 1.82) is 0 Å². The average molecular weight is 342 g/mol. The van der Waals surface area contributed by atoms with Gasteiger partial charge in [-0.1, -0.05) is 18.2 Å². The van der Waals surface area contributed by atoms with Crippen molar-refractivity contribution in [3.63, 3.8) is 0 Å². The molecule has 126 valence electrons. The first-order chi connectivity index (χ1) is 11.6. The zero-order valence-electron chi connectivity index (χ0n) is 14.5. The predicted octanol–water partition coefficient (Wildman–Crippen LogP) is 4.02. The van der Waals surface area contributed by atoms with Crippen LogP contribution in [0.25, 0.3) is 0 Å². The zero-order valence-corrected chi connectivity index (χ0v) is 15.3. The zero-order chi connectivity index (χ0) is 16.7. The maximum atomic E-state index is 11.6. The molecule has 3 heterocycles. The van der Waals surface area contributed by atoms with Crippen molar-refractivity contribution in [1.82, 2.24) is 0 Å². The fraction of sp³-hybridized carbons (Fsp3) is 0.450. The molecule has 2 aliphatic heterocycles. The van der Waals surface area contributed by atoms with Gasteiger partial charge < -0.3 is 5.11 Å². The third-order valence-electron chi connectivity index (χ3n) is 5.51. The topological polar surface area (TPSA) is 26.5 Å². The molecule has 4 rings (SSSR count). The first kappa shape index (κ1) is 15.9. The summed E-state index contributed by atoms with van der Waals surface area (Å²) in [5, 5.41) is 13.7. The largest absolute Gasteiger partial charge is 0.346 e. The van der Waals surface area contributed by atoms with E-state index in [0.717, 1.165) is 24.3 Å². The number of anilines is 1. The summed E-state index contributed by atoms with van der Waals surface area (Å²) in [5.74, 6) is 1.29. The van der Waals surface area contributed by atoms with Crippen LogP contribution in [0.15, 0.2) is 35.7 Å². The van der Waals surface area contributed by atoms with E-state index in [2.05, 4.69) is 53.0 Å². The molecule has 0 aliphatic carbocycles. The minimum atomic E-state index is -0.899. The maximum Gasteiger partial charge on any atom is 0.280 e. The van der Waals surface area contributed by atoms with Gasteiger partial charge in [0.2, 0.25) is 0 Å². The number of benzene rings is 1. The van der Waals surface area contributed by atoms with E-state index in [9.17, 15) is 5.11 Å². The lowest BCUT2D eigenvalue weighted by Gasteiger charge is -2.22. The summed E-state index contributed by atoms with van der Waals surface area (Å²) in [6, 6.07) is 10.6. The Labute approximate surface area is 147 Å². The summed E-state index contributed by atoms with van der Waals surface area (Å²) in [6.07, 6.45) is 4.63. The minimum absolute atomic E-state index is 0.618. The van der Waals surface area contributed by atoms with Gasteiger partial charge in [0, 0.05) is 6.42 Å². The van der Waals surface area contributed by atoms with Gasteiger partial charge in [0.15, 0.2) is 6.54 Å². The van der Waals surface area contributed by atoms with Gasteiger partial charge in [0.05, 0.1) is 11.4 Å². The van der Waals surface area contributed by atoms with Crippen LogP contribution in [0.5, 0.6) is 0 Å². The van der Waals surface area contributed by atoms with Crippen molar-refractivity contribution in [3.05, 3.63) is 51.7 Å². The fourth-order valence-corrected chi connectivity index (χ4v) is 4.86. The van der Waals surface area contributed by atoms with E-state index < -0.39 is 5.72 Å². The Balaban J connectivity index is 1.85. The van der Waals surface area contributed by atoms with Crippen molar-refractivity contribution in [2.45, 2.75) is 45.3 Å². The first-order valence-corrected chi connectivity index (χ1v) is 9.73. The number of rotatable bonds is 2. The Morgan fingerprint density at radius 1 is 1.12 bits per heavy atom. The van der Waals surface area contributed by atoms with Crippen LogP contribution in [0.2, 0.25) is 0 Å². The van der Waals surface area contributed by atoms with Crippen molar-refractivity contribution in [2.75, 3.05) is 18.0 Å². The minimum Gasteiger partial charge on any atom is -0.346 e. The second kappa shape index (κ2) is 6.01. The molecular formula is C20H25N2OS+. The third kappa shape index (κ3) is 2.40. The Bertz CT molecular complexity index is 781. The number of thiophene rings is 1. The molecule has 4 heteroatoms. The summed E-state index contributed by atoms with van der Waals surface area (Å²) in [4.78, 5) is 3.42. The van der Waals surface area contributed by atoms with E-state index in [1.807, 2.05) is 6.07 Å². The Morgan fingerprint density at radius 3 is 2.79 bits per heavy atom. The normalized spacial score (nSPS) is 24.2. The fourth-order valence-electron chi connectivity index (χ4n) is 4.04. The van der Waals surface area contributed by atoms with Gasteiger partial charge >= 0.3 is 0 Å². The number of nitrogens with zero attached hydrogens (tertiary/aromatic N) is 2. The summed E-state index contributed by atoms with van der Waals surface area (Å²) >= 11 is 1.65. The van der Waals surface area contributed by atoms with Gasteiger partial charge in [-0.3, -0.25) is 0 Å². The van der Waals surface area contributed by atoms with E-state index in [0.29, 0.717) is 6.54 Å². The molecule has 1 N–H and O–H groups in total. The summed E-state index contributed by atoms with van der Waals surface area (Å²) in [7, 11) is 0. The van der Waals surface area contributed by atoms with Gasteiger partial charge in [-0.2, -0.15) is 0 Å². The molecule has 0 radical (unpaired) electrons. The molecule has 0 unspecified atom stereocenters. The number of aryl methyl sites for hydroxylation is 1. The molecule has 0 saturated heterocycles. The van der Waals surface area contributed by atoms with Crippen LogP contribution in [0.3, 0.4) is 0 Å². The molecule has 3 nitrogen and oxygen atoms in total. The number of aliphatic hydroxyl groups is 1. The predicted molar refractivity (Wildman–Crippen MR) is 100 cm³/mol. The van der Waals surface area contributed by atoms with Crippen LogP contribution >= 0.6 is 11.3 Å². The molecule has 1 aromatic carbocycles. The molecule has 0 fully saturated rings. The highest BCUT2D eigenvalue weighted by molar-refractivity contribution is 7.10. The van der Waals surface area contributed by atoms with Crippen molar-refractivity contribution in [2.24, 2.45) is 0 Å². The van der Waals surface area contributed by atoms with Gasteiger partial charge in [-0.15, -0.1) is 11.3 Å². The lowest BCUT2D eigenvalue weighted by molar-refractivity contribution is -0.657. The smallest absolute Gasteiger partial charge is 0.280 e. The van der Waals surface area contributed by atoms with Gasteiger partial charge in [-0.25, -0.2) is 9.48 Å². The molecule has 0 spiro atoms. The van der Waals surface area contributed by atoms with Crippen molar-refractivity contribution < 1.29 is 9.68 Å². The third-order valence-corrected chi connectivity index (χ3v) is 6.52. The number of amidine groups is 1. The summed E-state index contributed by atoms with van der Waals surface area (Å²) < 4.78 is 2.27. The van der Waals surface area contributed by atoms with Gasteiger partial charge in [0.25, 0.3) is 11.6 Å². The Kier molecular flexibility index (Phi) is 3.97. The highest BCUT2D eigenvalue weighted by atomic mass is 32.1. The number of β-amino-alcohol motifs (C(OH)–C–C–N with tert-alkyl or cyclic N) is 1. The van der Waals surface area contributed by atoms with E-state index in [4.69, 9.17) is 0 Å². The van der Waals surface area contributed by atoms with Gasteiger partial charge in [-0.05, 0) is 61.7 Å². The highest BCUT2D eigenvalue weighted by Gasteiger charge is 2.52. The lowest BCUT2D eigenvalue weighted by atomic mass is 10.1. The van der Waals surface area contributed by atoms with Crippen LogP contribution in [0.1, 0.15) is 41.7 Å². The quantitative estimate of drug-likeness (QED) is 0.835. The number of hydrogen-bond donors (Lipinski definition) is 1. The average Bonchev–Trinajstić information content (AvgIpc) is 3.12. The summed E-state index contributed by atoms with van der Waals surface area (Å²) in [5.41, 5.74) is 2.96. The molecule has 24 heavy (non-hydrogen) atoms. The standard InChI is InChI=1S/C20H25N2OS/c1-15-8-6-9-17(16(15)2)21-14-20(23,18-10-7-13-24-18)22-12-5-3-4-11-19(21)22/h6-10,13,23H,3-5,11-12,14H2,1-2H3/q+1/t20-/m1/s1. The SMILES string of the molecule is Cc1cccc(N2C[C@@](O)(c3cccs3)[N+]3=C2CCCCC3)c1C. The Morgan fingerprint density at radius 2 is 2.00 bits per heavy atom. The molecule has 0 saturated carbocycles. The van der Waals surface area contributed by atoms with Crippen LogP contribution in [-0.4, -0.2) is 28.6 Å². The number of hydrogen-bond acceptors (Lipinski definition) is 3. The van der Waals surface area contributed by atoms with Crippen molar-refractivity contribution in [3.8, 4) is 0 Å². The second-order valence-electron chi connectivity index (χ2n) is 6.98. The van der Waals surface area contributed by atoms with Crippen LogP contribution in [0.4, 0.5) is 5.69 Å².